The van der Waals surface area contributed by atoms with Gasteiger partial charge in [-0.1, -0.05) is 30.0 Å². The number of anilines is 1. The first-order valence-electron chi connectivity index (χ1n) is 13.3. The van der Waals surface area contributed by atoms with Crippen molar-refractivity contribution in [3.05, 3.63) is 46.9 Å². The maximum atomic E-state index is 15.2. The molecule has 3 aliphatic rings. The molecule has 2 fully saturated rings. The van der Waals surface area contributed by atoms with E-state index in [-0.39, 0.29) is 17.3 Å². The lowest BCUT2D eigenvalue weighted by atomic mass is 9.79. The summed E-state index contributed by atoms with van der Waals surface area (Å²) >= 11 is 1.59. The number of benzene rings is 1. The van der Waals surface area contributed by atoms with Crippen molar-refractivity contribution in [1.29, 1.82) is 5.26 Å². The van der Waals surface area contributed by atoms with E-state index in [1.807, 2.05) is 27.0 Å². The van der Waals surface area contributed by atoms with Gasteiger partial charge in [0.05, 0.1) is 12.2 Å². The van der Waals surface area contributed by atoms with E-state index in [0.717, 1.165) is 35.9 Å². The lowest BCUT2D eigenvalue weighted by Gasteiger charge is -2.47. The molecule has 0 N–H and O–H groups in total. The fourth-order valence-electron chi connectivity index (χ4n) is 5.98. The number of aromatic nitrogens is 1. The van der Waals surface area contributed by atoms with Crippen LogP contribution in [0.4, 0.5) is 15.0 Å². The van der Waals surface area contributed by atoms with Crippen molar-refractivity contribution in [2.45, 2.75) is 45.8 Å². The number of carbonyl (C=O) groups is 1. The largest absolute Gasteiger partial charge is 0.444 e. The molecule has 0 aliphatic carbocycles. The molecule has 1 aromatic heterocycles. The average molecular weight is 551 g/mol. The first-order chi connectivity index (χ1) is 18.6. The van der Waals surface area contributed by atoms with Gasteiger partial charge >= 0.3 is 6.09 Å². The van der Waals surface area contributed by atoms with Crippen molar-refractivity contribution in [1.82, 2.24) is 14.8 Å². The quantitative estimate of drug-likeness (QED) is 0.388. The number of likely N-dealkylation sites (tertiary alicyclic amines) is 1. The Morgan fingerprint density at radius 1 is 1.21 bits per heavy atom. The number of carbonyl (C=O) groups excluding carboxylic acids is 1. The van der Waals surface area contributed by atoms with E-state index in [4.69, 9.17) is 9.72 Å². The number of hydrogen-bond donors (Lipinski definition) is 0. The summed E-state index contributed by atoms with van der Waals surface area (Å²) in [4.78, 5) is 28.1. The number of halogens is 1. The third-order valence-electron chi connectivity index (χ3n) is 7.68. The predicted molar refractivity (Wildman–Crippen MR) is 152 cm³/mol. The number of pyridine rings is 1. The maximum absolute atomic E-state index is 15.2. The molecule has 0 atom stereocenters. The van der Waals surface area contributed by atoms with Gasteiger partial charge in [0.15, 0.2) is 5.17 Å². The Bertz CT molecular complexity index is 1360. The van der Waals surface area contributed by atoms with Crippen molar-refractivity contribution < 1.29 is 13.9 Å². The molecule has 3 aliphatic heterocycles. The highest BCUT2D eigenvalue weighted by atomic mass is 32.2. The molecule has 10 heteroatoms. The lowest BCUT2D eigenvalue weighted by molar-refractivity contribution is -0.0266. The number of rotatable bonds is 2. The summed E-state index contributed by atoms with van der Waals surface area (Å²) in [7, 11) is 1.78. The number of amidine groups is 1. The summed E-state index contributed by atoms with van der Waals surface area (Å²) in [6, 6.07) is 9.06. The fraction of sp³-hybridized carbons (Fsp3) is 0.517. The summed E-state index contributed by atoms with van der Waals surface area (Å²) < 4.78 is 20.7. The lowest BCUT2D eigenvalue weighted by Crippen LogP contribution is -2.60. The highest BCUT2D eigenvalue weighted by Crippen LogP contribution is 2.44. The van der Waals surface area contributed by atoms with Crippen LogP contribution >= 0.6 is 11.8 Å². The number of amides is 1. The molecule has 8 nitrogen and oxygen atoms in total. The molecule has 1 spiro atoms. The molecule has 1 amide bonds. The van der Waals surface area contributed by atoms with Crippen molar-refractivity contribution in [2.75, 3.05) is 50.9 Å². The van der Waals surface area contributed by atoms with Crippen LogP contribution in [0.1, 0.15) is 44.0 Å². The van der Waals surface area contributed by atoms with Gasteiger partial charge in [0.25, 0.3) is 0 Å². The zero-order valence-corrected chi connectivity index (χ0v) is 24.1. The Balaban J connectivity index is 1.50. The van der Waals surface area contributed by atoms with Crippen molar-refractivity contribution in [3.8, 4) is 17.2 Å². The maximum Gasteiger partial charge on any atom is 0.410 e. The van der Waals surface area contributed by atoms with Crippen LogP contribution < -0.4 is 4.90 Å². The van der Waals surface area contributed by atoms with Crippen LogP contribution in [0.3, 0.4) is 0 Å². The number of ether oxygens (including phenoxy) is 1. The Morgan fingerprint density at radius 2 is 1.95 bits per heavy atom. The van der Waals surface area contributed by atoms with Gasteiger partial charge in [0.1, 0.15) is 28.9 Å². The first kappa shape index (κ1) is 27.3. The molecule has 206 valence electrons. The van der Waals surface area contributed by atoms with E-state index in [9.17, 15) is 10.1 Å². The number of aliphatic imine (C=N–C) groups is 1. The van der Waals surface area contributed by atoms with E-state index in [1.165, 1.54) is 6.07 Å². The van der Waals surface area contributed by atoms with E-state index in [0.29, 0.717) is 55.1 Å². The topological polar surface area (TPSA) is 85.1 Å². The second-order valence-corrected chi connectivity index (χ2v) is 12.4. The second-order valence-electron chi connectivity index (χ2n) is 11.6. The molecule has 0 saturated carbocycles. The van der Waals surface area contributed by atoms with E-state index >= 15 is 4.39 Å². The molecule has 4 heterocycles. The van der Waals surface area contributed by atoms with Gasteiger partial charge in [0.2, 0.25) is 0 Å². The Morgan fingerprint density at radius 3 is 2.59 bits per heavy atom. The van der Waals surface area contributed by atoms with E-state index in [1.54, 1.807) is 41.9 Å². The van der Waals surface area contributed by atoms with Gasteiger partial charge in [-0.3, -0.25) is 4.99 Å². The summed E-state index contributed by atoms with van der Waals surface area (Å²) in [5.74, 6) is 0.253. The van der Waals surface area contributed by atoms with Gasteiger partial charge in [-0.2, -0.15) is 5.26 Å². The molecular weight excluding hydrogens is 515 g/mol. The van der Waals surface area contributed by atoms with Crippen LogP contribution in [-0.2, 0) is 17.7 Å². The molecular formula is C29H35FN6O2S. The highest BCUT2D eigenvalue weighted by molar-refractivity contribution is 8.13. The number of fused-ring (bicyclic) bond motifs is 1. The average Bonchev–Trinajstić information content (AvgIpc) is 3.33. The van der Waals surface area contributed by atoms with Gasteiger partial charge < -0.3 is 19.4 Å². The zero-order valence-electron chi connectivity index (χ0n) is 23.3. The molecule has 0 radical (unpaired) electrons. The minimum atomic E-state index is -0.536. The zero-order chi connectivity index (χ0) is 27.9. The van der Waals surface area contributed by atoms with E-state index in [2.05, 4.69) is 20.9 Å². The molecule has 2 saturated heterocycles. The van der Waals surface area contributed by atoms with Crippen molar-refractivity contribution in [2.24, 2.45) is 10.4 Å². The van der Waals surface area contributed by atoms with E-state index < -0.39 is 5.60 Å². The molecule has 0 unspecified atom stereocenters. The van der Waals surface area contributed by atoms with Crippen LogP contribution in [0, 0.1) is 22.6 Å². The normalized spacial score (nSPS) is 18.6. The predicted octanol–water partition coefficient (Wildman–Crippen LogP) is 4.91. The summed E-state index contributed by atoms with van der Waals surface area (Å²) in [5.41, 5.74) is 2.69. The monoisotopic (exact) mass is 550 g/mol. The van der Waals surface area contributed by atoms with Crippen LogP contribution in [0.15, 0.2) is 29.3 Å². The van der Waals surface area contributed by atoms with Crippen LogP contribution in [0.5, 0.6) is 0 Å². The number of nitrogens with zero attached hydrogens (tertiary/aromatic N) is 6. The molecule has 39 heavy (non-hydrogen) atoms. The Labute approximate surface area is 233 Å². The smallest absolute Gasteiger partial charge is 0.410 e. The van der Waals surface area contributed by atoms with Gasteiger partial charge in [0, 0.05) is 56.3 Å². The molecule has 5 rings (SSSR count). The van der Waals surface area contributed by atoms with Crippen LogP contribution in [0.25, 0.3) is 11.1 Å². The second kappa shape index (κ2) is 10.3. The summed E-state index contributed by atoms with van der Waals surface area (Å²) in [6.45, 7) is 9.50. The Hall–Kier alpha value is -3.32. The van der Waals surface area contributed by atoms with Crippen molar-refractivity contribution in [3.63, 3.8) is 0 Å². The van der Waals surface area contributed by atoms with Gasteiger partial charge in [-0.15, -0.1) is 0 Å². The summed E-state index contributed by atoms with van der Waals surface area (Å²) in [5, 5.41) is 11.3. The summed E-state index contributed by atoms with van der Waals surface area (Å²) in [6.07, 6.45) is 3.24. The van der Waals surface area contributed by atoms with Crippen LogP contribution in [0.2, 0.25) is 0 Å². The Kier molecular flexibility index (Phi) is 7.23. The third-order valence-corrected chi connectivity index (χ3v) is 8.48. The fourth-order valence-corrected chi connectivity index (χ4v) is 6.58. The molecule has 2 aromatic rings. The third kappa shape index (κ3) is 5.17. The molecule has 0 bridgehead atoms. The highest BCUT2D eigenvalue weighted by Gasteiger charge is 2.51. The minimum absolute atomic E-state index is 0.0632. The first-order valence-corrected chi connectivity index (χ1v) is 14.5. The molecule has 1 aromatic carbocycles. The van der Waals surface area contributed by atoms with Gasteiger partial charge in [-0.05, 0) is 51.5 Å². The minimum Gasteiger partial charge on any atom is -0.444 e. The van der Waals surface area contributed by atoms with Crippen molar-refractivity contribution >= 4 is 28.8 Å². The van der Waals surface area contributed by atoms with Gasteiger partial charge in [-0.25, -0.2) is 14.2 Å². The number of hydrogen-bond acceptors (Lipinski definition) is 7. The number of nitriles is 1. The standard InChI is InChI=1S/C29H35FN6O2S/c1-28(2,3)38-27(37)36-17-29(18-36)11-13-35(16-29)25-21(14-31)24(19-8-6-7-9-22(19)30)20-10-12-34(15-23(20)33-25)26(32-4)39-5/h6-9H,10-13,15-18H2,1-5H3. The SMILES string of the molecule is CN=C(SC)N1CCc2c(nc(N3CCC4(CN(C(=O)OC(C)(C)C)C4)C3)c(C#N)c2-c2ccccc2F)C1. The van der Waals surface area contributed by atoms with Crippen LogP contribution in [-0.4, -0.2) is 77.7 Å². The number of thioether (sulfide) groups is 1.